The minimum Gasteiger partial charge on any atom is -0.303 e. The van der Waals surface area contributed by atoms with Crippen molar-refractivity contribution in [2.24, 2.45) is 0 Å². The molecule has 2 rings (SSSR count). The second kappa shape index (κ2) is 4.75. The van der Waals surface area contributed by atoms with Gasteiger partial charge in [0.2, 0.25) is 0 Å². The first-order valence-electron chi connectivity index (χ1n) is 5.90. The topological polar surface area (TPSA) is 16.1 Å². The standard InChI is InChI=1S/C13H20N2/c1-11-9-12(2)13(14-10-11)5-8-15-6-3-4-7-15/h9-10H,3-8H2,1-2H3. The monoisotopic (exact) mass is 204 g/mol. The third kappa shape index (κ3) is 2.78. The van der Waals surface area contributed by atoms with Gasteiger partial charge in [-0.3, -0.25) is 4.98 Å². The molecule has 15 heavy (non-hydrogen) atoms. The van der Waals surface area contributed by atoms with Gasteiger partial charge in [-0.05, 0) is 50.9 Å². The number of aryl methyl sites for hydroxylation is 2. The molecule has 1 aliphatic rings. The van der Waals surface area contributed by atoms with Crippen molar-refractivity contribution in [3.05, 3.63) is 29.1 Å². The van der Waals surface area contributed by atoms with Crippen LogP contribution in [0.1, 0.15) is 29.7 Å². The largest absolute Gasteiger partial charge is 0.303 e. The summed E-state index contributed by atoms with van der Waals surface area (Å²) in [6.07, 6.45) is 5.83. The molecule has 0 radical (unpaired) electrons. The van der Waals surface area contributed by atoms with Crippen LogP contribution in [0, 0.1) is 13.8 Å². The zero-order chi connectivity index (χ0) is 10.7. The molecule has 0 unspecified atom stereocenters. The van der Waals surface area contributed by atoms with Gasteiger partial charge < -0.3 is 4.90 Å². The highest BCUT2D eigenvalue weighted by molar-refractivity contribution is 5.23. The fourth-order valence-electron chi connectivity index (χ4n) is 2.28. The van der Waals surface area contributed by atoms with Gasteiger partial charge in [0, 0.05) is 24.9 Å². The molecule has 1 saturated heterocycles. The SMILES string of the molecule is Cc1cnc(CCN2CCCC2)c(C)c1. The summed E-state index contributed by atoms with van der Waals surface area (Å²) in [4.78, 5) is 7.05. The number of aromatic nitrogens is 1. The number of hydrogen-bond donors (Lipinski definition) is 0. The van der Waals surface area contributed by atoms with Crippen LogP contribution < -0.4 is 0 Å². The van der Waals surface area contributed by atoms with Crippen molar-refractivity contribution < 1.29 is 0 Å². The van der Waals surface area contributed by atoms with Gasteiger partial charge in [0.15, 0.2) is 0 Å². The lowest BCUT2D eigenvalue weighted by Gasteiger charge is -2.14. The number of rotatable bonds is 3. The number of likely N-dealkylation sites (tertiary alicyclic amines) is 1. The Morgan fingerprint density at radius 1 is 1.27 bits per heavy atom. The smallest absolute Gasteiger partial charge is 0.0445 e. The van der Waals surface area contributed by atoms with Crippen LogP contribution in [0.2, 0.25) is 0 Å². The highest BCUT2D eigenvalue weighted by Crippen LogP contribution is 2.11. The lowest BCUT2D eigenvalue weighted by molar-refractivity contribution is 0.342. The normalized spacial score (nSPS) is 17.2. The third-order valence-electron chi connectivity index (χ3n) is 3.19. The summed E-state index contributed by atoms with van der Waals surface area (Å²) >= 11 is 0. The van der Waals surface area contributed by atoms with E-state index in [1.807, 2.05) is 6.20 Å². The van der Waals surface area contributed by atoms with Crippen molar-refractivity contribution in [1.29, 1.82) is 0 Å². The van der Waals surface area contributed by atoms with E-state index in [4.69, 9.17) is 0 Å². The van der Waals surface area contributed by atoms with Gasteiger partial charge in [-0.25, -0.2) is 0 Å². The van der Waals surface area contributed by atoms with E-state index in [-0.39, 0.29) is 0 Å². The summed E-state index contributed by atoms with van der Waals surface area (Å²) in [6.45, 7) is 8.01. The summed E-state index contributed by atoms with van der Waals surface area (Å²) in [5.41, 5.74) is 3.87. The molecule has 0 aliphatic carbocycles. The van der Waals surface area contributed by atoms with E-state index in [1.165, 1.54) is 49.3 Å². The van der Waals surface area contributed by atoms with Crippen LogP contribution in [-0.4, -0.2) is 29.5 Å². The predicted molar refractivity (Wildman–Crippen MR) is 63.1 cm³/mol. The fourth-order valence-corrected chi connectivity index (χ4v) is 2.28. The Bertz CT molecular complexity index is 327. The quantitative estimate of drug-likeness (QED) is 0.751. The number of hydrogen-bond acceptors (Lipinski definition) is 2. The second-order valence-corrected chi connectivity index (χ2v) is 4.58. The molecule has 1 aromatic heterocycles. The summed E-state index contributed by atoms with van der Waals surface area (Å²) in [5.74, 6) is 0. The molecule has 0 spiro atoms. The first-order valence-corrected chi connectivity index (χ1v) is 5.90. The number of pyridine rings is 1. The third-order valence-corrected chi connectivity index (χ3v) is 3.19. The van der Waals surface area contributed by atoms with Crippen LogP contribution in [0.3, 0.4) is 0 Å². The second-order valence-electron chi connectivity index (χ2n) is 4.58. The molecular weight excluding hydrogens is 184 g/mol. The van der Waals surface area contributed by atoms with E-state index in [9.17, 15) is 0 Å². The van der Waals surface area contributed by atoms with Crippen molar-refractivity contribution in [2.75, 3.05) is 19.6 Å². The zero-order valence-corrected chi connectivity index (χ0v) is 9.79. The molecule has 2 nitrogen and oxygen atoms in total. The van der Waals surface area contributed by atoms with Gasteiger partial charge >= 0.3 is 0 Å². The molecule has 0 aromatic carbocycles. The minimum atomic E-state index is 1.10. The Labute approximate surface area is 92.3 Å². The molecule has 2 heteroatoms. The average Bonchev–Trinajstić information content (AvgIpc) is 2.69. The van der Waals surface area contributed by atoms with E-state index in [0.29, 0.717) is 0 Å². The van der Waals surface area contributed by atoms with E-state index >= 15 is 0 Å². The van der Waals surface area contributed by atoms with Crippen LogP contribution >= 0.6 is 0 Å². The first-order chi connectivity index (χ1) is 7.25. The van der Waals surface area contributed by atoms with Gasteiger partial charge in [-0.1, -0.05) is 6.07 Å². The highest BCUT2D eigenvalue weighted by Gasteiger charge is 2.11. The predicted octanol–water partition coefficient (Wildman–Crippen LogP) is 2.34. The maximum absolute atomic E-state index is 4.51. The molecule has 0 bridgehead atoms. The average molecular weight is 204 g/mol. The van der Waals surface area contributed by atoms with Crippen molar-refractivity contribution in [3.8, 4) is 0 Å². The van der Waals surface area contributed by atoms with E-state index in [2.05, 4.69) is 29.8 Å². The molecular formula is C13H20N2. The number of nitrogens with zero attached hydrogens (tertiary/aromatic N) is 2. The fraction of sp³-hybridized carbons (Fsp3) is 0.615. The van der Waals surface area contributed by atoms with Crippen LogP contribution in [-0.2, 0) is 6.42 Å². The molecule has 0 amide bonds. The summed E-state index contributed by atoms with van der Waals surface area (Å²) in [6, 6.07) is 2.23. The zero-order valence-electron chi connectivity index (χ0n) is 9.79. The van der Waals surface area contributed by atoms with Crippen molar-refractivity contribution in [2.45, 2.75) is 33.1 Å². The van der Waals surface area contributed by atoms with Crippen LogP contribution in [0.15, 0.2) is 12.3 Å². The molecule has 0 N–H and O–H groups in total. The van der Waals surface area contributed by atoms with Gasteiger partial charge in [-0.15, -0.1) is 0 Å². The van der Waals surface area contributed by atoms with Gasteiger partial charge in [0.25, 0.3) is 0 Å². The lowest BCUT2D eigenvalue weighted by atomic mass is 10.1. The molecule has 1 aromatic rings. The van der Waals surface area contributed by atoms with Crippen molar-refractivity contribution in [3.63, 3.8) is 0 Å². The molecule has 0 atom stereocenters. The summed E-state index contributed by atoms with van der Waals surface area (Å²) < 4.78 is 0. The van der Waals surface area contributed by atoms with Crippen LogP contribution in [0.4, 0.5) is 0 Å². The molecule has 0 saturated carbocycles. The Morgan fingerprint density at radius 3 is 2.67 bits per heavy atom. The Morgan fingerprint density at radius 2 is 2.00 bits per heavy atom. The Kier molecular flexibility index (Phi) is 3.37. The van der Waals surface area contributed by atoms with Crippen LogP contribution in [0.25, 0.3) is 0 Å². The molecule has 1 fully saturated rings. The van der Waals surface area contributed by atoms with E-state index in [1.54, 1.807) is 0 Å². The maximum atomic E-state index is 4.51. The van der Waals surface area contributed by atoms with Crippen molar-refractivity contribution >= 4 is 0 Å². The first kappa shape index (κ1) is 10.6. The van der Waals surface area contributed by atoms with Gasteiger partial charge in [-0.2, -0.15) is 0 Å². The molecule has 1 aliphatic heterocycles. The van der Waals surface area contributed by atoms with E-state index < -0.39 is 0 Å². The maximum Gasteiger partial charge on any atom is 0.0445 e. The minimum absolute atomic E-state index is 1.10. The highest BCUT2D eigenvalue weighted by atomic mass is 15.1. The summed E-state index contributed by atoms with van der Waals surface area (Å²) in [7, 11) is 0. The van der Waals surface area contributed by atoms with Crippen molar-refractivity contribution in [1.82, 2.24) is 9.88 Å². The van der Waals surface area contributed by atoms with Gasteiger partial charge in [0.1, 0.15) is 0 Å². The lowest BCUT2D eigenvalue weighted by Crippen LogP contribution is -2.22. The van der Waals surface area contributed by atoms with E-state index in [0.717, 1.165) is 6.42 Å². The van der Waals surface area contributed by atoms with Crippen LogP contribution in [0.5, 0.6) is 0 Å². The summed E-state index contributed by atoms with van der Waals surface area (Å²) in [5, 5.41) is 0. The molecule has 82 valence electrons. The Hall–Kier alpha value is -0.890. The van der Waals surface area contributed by atoms with Gasteiger partial charge in [0.05, 0.1) is 0 Å². The Balaban J connectivity index is 1.92. The molecule has 2 heterocycles.